The molecular formula is C15H24O2. The molecule has 0 radical (unpaired) electrons. The van der Waals surface area contributed by atoms with Crippen LogP contribution in [0.15, 0.2) is 30.3 Å². The molecule has 1 unspecified atom stereocenters. The third-order valence-electron chi connectivity index (χ3n) is 2.98. The van der Waals surface area contributed by atoms with E-state index in [0.29, 0.717) is 13.0 Å². The van der Waals surface area contributed by atoms with Crippen molar-refractivity contribution >= 4 is 0 Å². The zero-order valence-electron chi connectivity index (χ0n) is 11.4. The third kappa shape index (κ3) is 4.49. The Morgan fingerprint density at radius 3 is 2.12 bits per heavy atom. The lowest BCUT2D eigenvalue weighted by Crippen LogP contribution is -2.32. The molecule has 0 saturated heterocycles. The first-order valence-electron chi connectivity index (χ1n) is 6.14. The van der Waals surface area contributed by atoms with E-state index in [-0.39, 0.29) is 5.41 Å². The SMILES string of the molecule is COCC(O)(CCC(C)(C)C)c1ccccc1. The molecular weight excluding hydrogens is 212 g/mol. The molecule has 0 aliphatic heterocycles. The topological polar surface area (TPSA) is 29.5 Å². The van der Waals surface area contributed by atoms with Crippen molar-refractivity contribution in [1.82, 2.24) is 0 Å². The van der Waals surface area contributed by atoms with Crippen LogP contribution in [0.3, 0.4) is 0 Å². The smallest absolute Gasteiger partial charge is 0.113 e. The average Bonchev–Trinajstić information content (AvgIpc) is 2.27. The van der Waals surface area contributed by atoms with E-state index < -0.39 is 5.60 Å². The van der Waals surface area contributed by atoms with Gasteiger partial charge in [-0.15, -0.1) is 0 Å². The lowest BCUT2D eigenvalue weighted by atomic mass is 9.82. The highest BCUT2D eigenvalue weighted by Crippen LogP contribution is 2.32. The minimum Gasteiger partial charge on any atom is -0.383 e. The van der Waals surface area contributed by atoms with Crippen molar-refractivity contribution in [1.29, 1.82) is 0 Å². The molecule has 2 nitrogen and oxygen atoms in total. The molecule has 0 aliphatic rings. The van der Waals surface area contributed by atoms with Crippen molar-refractivity contribution < 1.29 is 9.84 Å². The second-order valence-electron chi connectivity index (χ2n) is 5.89. The maximum atomic E-state index is 10.7. The van der Waals surface area contributed by atoms with Crippen LogP contribution < -0.4 is 0 Å². The van der Waals surface area contributed by atoms with Gasteiger partial charge in [-0.3, -0.25) is 0 Å². The molecule has 1 rings (SSSR count). The van der Waals surface area contributed by atoms with Crippen molar-refractivity contribution in [2.45, 2.75) is 39.2 Å². The molecule has 1 N–H and O–H groups in total. The molecule has 1 atom stereocenters. The van der Waals surface area contributed by atoms with Crippen LogP contribution in [0.25, 0.3) is 0 Å². The summed E-state index contributed by atoms with van der Waals surface area (Å²) in [5.74, 6) is 0. The van der Waals surface area contributed by atoms with E-state index in [1.54, 1.807) is 7.11 Å². The van der Waals surface area contributed by atoms with Gasteiger partial charge in [-0.2, -0.15) is 0 Å². The first-order valence-corrected chi connectivity index (χ1v) is 6.14. The molecule has 2 heteroatoms. The lowest BCUT2D eigenvalue weighted by molar-refractivity contribution is -0.0484. The Kier molecular flexibility index (Phi) is 4.72. The van der Waals surface area contributed by atoms with Gasteiger partial charge < -0.3 is 9.84 Å². The monoisotopic (exact) mass is 236 g/mol. The lowest BCUT2D eigenvalue weighted by Gasteiger charge is -2.31. The highest BCUT2D eigenvalue weighted by molar-refractivity contribution is 5.22. The predicted molar refractivity (Wildman–Crippen MR) is 70.9 cm³/mol. The summed E-state index contributed by atoms with van der Waals surface area (Å²) in [5, 5.41) is 10.7. The summed E-state index contributed by atoms with van der Waals surface area (Å²) in [7, 11) is 1.63. The maximum Gasteiger partial charge on any atom is 0.113 e. The summed E-state index contributed by atoms with van der Waals surface area (Å²) >= 11 is 0. The summed E-state index contributed by atoms with van der Waals surface area (Å²) < 4.78 is 5.18. The zero-order chi connectivity index (χ0) is 12.9. The second kappa shape index (κ2) is 5.65. The minimum atomic E-state index is -0.872. The highest BCUT2D eigenvalue weighted by Gasteiger charge is 2.30. The van der Waals surface area contributed by atoms with Gasteiger partial charge in [-0.25, -0.2) is 0 Å². The molecule has 1 aromatic rings. The van der Waals surface area contributed by atoms with Crippen LogP contribution in [0.1, 0.15) is 39.2 Å². The largest absolute Gasteiger partial charge is 0.383 e. The van der Waals surface area contributed by atoms with E-state index in [2.05, 4.69) is 20.8 Å². The van der Waals surface area contributed by atoms with Crippen LogP contribution >= 0.6 is 0 Å². The van der Waals surface area contributed by atoms with Crippen molar-refractivity contribution in [2.24, 2.45) is 5.41 Å². The Hall–Kier alpha value is -0.860. The van der Waals surface area contributed by atoms with Crippen molar-refractivity contribution in [2.75, 3.05) is 13.7 Å². The van der Waals surface area contributed by atoms with Crippen molar-refractivity contribution in [3.05, 3.63) is 35.9 Å². The molecule has 17 heavy (non-hydrogen) atoms. The van der Waals surface area contributed by atoms with Gasteiger partial charge in [0.15, 0.2) is 0 Å². The van der Waals surface area contributed by atoms with Crippen LogP contribution in [0.4, 0.5) is 0 Å². The molecule has 96 valence electrons. The van der Waals surface area contributed by atoms with Crippen molar-refractivity contribution in [3.63, 3.8) is 0 Å². The Morgan fingerprint density at radius 1 is 1.06 bits per heavy atom. The predicted octanol–water partition coefficient (Wildman–Crippen LogP) is 3.35. The van der Waals surface area contributed by atoms with E-state index in [4.69, 9.17) is 4.74 Å². The number of hydrogen-bond donors (Lipinski definition) is 1. The van der Waals surface area contributed by atoms with Crippen molar-refractivity contribution in [3.8, 4) is 0 Å². The quantitative estimate of drug-likeness (QED) is 0.849. The summed E-state index contributed by atoms with van der Waals surface area (Å²) in [4.78, 5) is 0. The average molecular weight is 236 g/mol. The van der Waals surface area contributed by atoms with E-state index in [1.807, 2.05) is 30.3 Å². The van der Waals surface area contributed by atoms with Gasteiger partial charge in [0, 0.05) is 7.11 Å². The fourth-order valence-electron chi connectivity index (χ4n) is 1.87. The molecule has 0 fully saturated rings. The first-order chi connectivity index (χ1) is 7.87. The number of aliphatic hydroxyl groups is 1. The number of ether oxygens (including phenoxy) is 1. The highest BCUT2D eigenvalue weighted by atomic mass is 16.5. The molecule has 0 aromatic heterocycles. The molecule has 0 aliphatic carbocycles. The number of benzene rings is 1. The molecule has 0 spiro atoms. The number of hydrogen-bond acceptors (Lipinski definition) is 2. The fourth-order valence-corrected chi connectivity index (χ4v) is 1.87. The van der Waals surface area contributed by atoms with Gasteiger partial charge in [-0.1, -0.05) is 51.1 Å². The summed E-state index contributed by atoms with van der Waals surface area (Å²) in [6.45, 7) is 6.90. The first kappa shape index (κ1) is 14.2. The number of methoxy groups -OCH3 is 1. The molecule has 0 bridgehead atoms. The minimum absolute atomic E-state index is 0.219. The normalized spacial score (nSPS) is 15.6. The molecule has 0 amide bonds. The van der Waals surface area contributed by atoms with Crippen LogP contribution in [0.5, 0.6) is 0 Å². The third-order valence-corrected chi connectivity index (χ3v) is 2.98. The Morgan fingerprint density at radius 2 is 1.65 bits per heavy atom. The molecule has 0 saturated carbocycles. The summed E-state index contributed by atoms with van der Waals surface area (Å²) in [6, 6.07) is 9.78. The van der Waals surface area contributed by atoms with Gasteiger partial charge >= 0.3 is 0 Å². The van der Waals surface area contributed by atoms with Gasteiger partial charge in [0.2, 0.25) is 0 Å². The Bertz CT molecular complexity index is 327. The van der Waals surface area contributed by atoms with Crippen LogP contribution in [0, 0.1) is 5.41 Å². The zero-order valence-corrected chi connectivity index (χ0v) is 11.4. The van der Waals surface area contributed by atoms with E-state index in [1.165, 1.54) is 0 Å². The molecule has 0 heterocycles. The van der Waals surface area contributed by atoms with Gasteiger partial charge in [0.1, 0.15) is 5.60 Å². The van der Waals surface area contributed by atoms with E-state index in [0.717, 1.165) is 12.0 Å². The summed E-state index contributed by atoms with van der Waals surface area (Å²) in [6.07, 6.45) is 1.68. The Balaban J connectivity index is 2.82. The van der Waals surface area contributed by atoms with Crippen LogP contribution in [-0.4, -0.2) is 18.8 Å². The molecule has 1 aromatic carbocycles. The van der Waals surface area contributed by atoms with E-state index >= 15 is 0 Å². The van der Waals surface area contributed by atoms with Gasteiger partial charge in [-0.05, 0) is 23.8 Å². The van der Waals surface area contributed by atoms with E-state index in [9.17, 15) is 5.11 Å². The fraction of sp³-hybridized carbons (Fsp3) is 0.600. The maximum absolute atomic E-state index is 10.7. The summed E-state index contributed by atoms with van der Waals surface area (Å²) in [5.41, 5.74) is 0.283. The van der Waals surface area contributed by atoms with Crippen LogP contribution in [-0.2, 0) is 10.3 Å². The van der Waals surface area contributed by atoms with Gasteiger partial charge in [0.05, 0.1) is 6.61 Å². The number of rotatable bonds is 5. The second-order valence-corrected chi connectivity index (χ2v) is 5.89. The Labute approximate surface area is 105 Å². The standard InChI is InChI=1S/C15H24O2/c1-14(2,3)10-11-15(16,12-17-4)13-8-6-5-7-9-13/h5-9,16H,10-12H2,1-4H3. The van der Waals surface area contributed by atoms with Crippen LogP contribution in [0.2, 0.25) is 0 Å². The van der Waals surface area contributed by atoms with Gasteiger partial charge in [0.25, 0.3) is 0 Å².